The fraction of sp³-hybridized carbons (Fsp3) is 1.00. The van der Waals surface area contributed by atoms with E-state index in [9.17, 15) is 8.42 Å². The highest BCUT2D eigenvalue weighted by atomic mass is 35.5. The summed E-state index contributed by atoms with van der Waals surface area (Å²) in [6.45, 7) is 5.85. The Morgan fingerprint density at radius 3 is 2.16 bits per heavy atom. The van der Waals surface area contributed by atoms with Crippen LogP contribution in [0.5, 0.6) is 0 Å². The number of hydrogen-bond acceptors (Lipinski definition) is 2. The maximum Gasteiger partial charge on any atom is 0.282 e. The third kappa shape index (κ3) is 3.84. The highest BCUT2D eigenvalue weighted by Gasteiger charge is 2.37. The highest BCUT2D eigenvalue weighted by molar-refractivity contribution is 7.86. The number of halogens is 1. The van der Waals surface area contributed by atoms with Gasteiger partial charge >= 0.3 is 0 Å². The van der Waals surface area contributed by atoms with Gasteiger partial charge in [0.05, 0.1) is 0 Å². The zero-order chi connectivity index (χ0) is 14.0. The van der Waals surface area contributed by atoms with Crippen molar-refractivity contribution in [3.8, 4) is 0 Å². The minimum absolute atomic E-state index is 0.0383. The minimum Gasteiger partial charge on any atom is -0.195 e. The lowest BCUT2D eigenvalue weighted by Gasteiger charge is -2.36. The van der Waals surface area contributed by atoms with Crippen LogP contribution in [0.25, 0.3) is 0 Å². The van der Waals surface area contributed by atoms with Gasteiger partial charge in [-0.05, 0) is 51.4 Å². The first-order valence-electron chi connectivity index (χ1n) is 7.28. The summed E-state index contributed by atoms with van der Waals surface area (Å²) < 4.78 is 28.7. The summed E-state index contributed by atoms with van der Waals surface area (Å²) in [5, 5.41) is 0. The van der Waals surface area contributed by atoms with Crippen LogP contribution in [0.15, 0.2) is 0 Å². The van der Waals surface area contributed by atoms with Crippen molar-refractivity contribution >= 4 is 21.8 Å². The fourth-order valence-electron chi connectivity index (χ4n) is 2.57. The van der Waals surface area contributed by atoms with Crippen molar-refractivity contribution in [3.05, 3.63) is 0 Å². The van der Waals surface area contributed by atoms with Crippen molar-refractivity contribution in [1.29, 1.82) is 0 Å². The predicted octanol–water partition coefficient (Wildman–Crippen LogP) is 2.30. The summed E-state index contributed by atoms with van der Waals surface area (Å²) in [6, 6.07) is 0.0383. The molecule has 0 radical (unpaired) electrons. The smallest absolute Gasteiger partial charge is 0.195 e. The van der Waals surface area contributed by atoms with E-state index in [1.807, 2.05) is 13.8 Å². The first-order valence-corrected chi connectivity index (χ1v) is 9.21. The molecule has 0 amide bonds. The quantitative estimate of drug-likeness (QED) is 0.707. The number of alkyl halides is 1. The minimum atomic E-state index is -3.29. The van der Waals surface area contributed by atoms with Gasteiger partial charge in [-0.1, -0.05) is 0 Å². The van der Waals surface area contributed by atoms with Crippen molar-refractivity contribution < 1.29 is 8.42 Å². The molecule has 0 bridgehead atoms. The molecule has 4 nitrogen and oxygen atoms in total. The maximum absolute atomic E-state index is 12.7. The van der Waals surface area contributed by atoms with Crippen LogP contribution in [-0.4, -0.2) is 48.6 Å². The summed E-state index contributed by atoms with van der Waals surface area (Å²) in [5.74, 6) is 1.70. The molecule has 1 saturated heterocycles. The van der Waals surface area contributed by atoms with Gasteiger partial charge in [0.2, 0.25) is 0 Å². The fourth-order valence-corrected chi connectivity index (χ4v) is 4.78. The topological polar surface area (TPSA) is 40.6 Å². The van der Waals surface area contributed by atoms with Crippen LogP contribution in [0.2, 0.25) is 0 Å². The number of piperidine rings is 1. The van der Waals surface area contributed by atoms with Crippen LogP contribution in [0.3, 0.4) is 0 Å². The lowest BCUT2D eigenvalue weighted by molar-refractivity contribution is 0.250. The molecule has 0 spiro atoms. The molecule has 2 fully saturated rings. The Hall–Kier alpha value is 0.160. The lowest BCUT2D eigenvalue weighted by atomic mass is 10.0. The molecule has 0 atom stereocenters. The summed E-state index contributed by atoms with van der Waals surface area (Å²) in [4.78, 5) is 0. The normalized spacial score (nSPS) is 23.4. The molecule has 1 aliphatic carbocycles. The molecule has 0 aromatic carbocycles. The molecule has 0 aromatic rings. The molecule has 2 aliphatic rings. The summed E-state index contributed by atoms with van der Waals surface area (Å²) in [5.41, 5.74) is 0. The number of rotatable bonds is 6. The van der Waals surface area contributed by atoms with Gasteiger partial charge in [-0.25, -0.2) is 0 Å². The van der Waals surface area contributed by atoms with Gasteiger partial charge in [0.25, 0.3) is 10.2 Å². The summed E-state index contributed by atoms with van der Waals surface area (Å²) in [6.07, 6.45) is 4.12. The average molecular weight is 309 g/mol. The molecule has 0 aromatic heterocycles. The molecule has 1 aliphatic heterocycles. The first kappa shape index (κ1) is 15.5. The second-order valence-electron chi connectivity index (χ2n) is 6.11. The van der Waals surface area contributed by atoms with Crippen LogP contribution in [-0.2, 0) is 10.2 Å². The second-order valence-corrected chi connectivity index (χ2v) is 8.30. The maximum atomic E-state index is 12.7. The summed E-state index contributed by atoms with van der Waals surface area (Å²) in [7, 11) is -3.29. The molecule has 1 saturated carbocycles. The van der Waals surface area contributed by atoms with Crippen LogP contribution in [0.1, 0.15) is 39.5 Å². The molecule has 19 heavy (non-hydrogen) atoms. The standard InChI is InChI=1S/C13H25ClN2O2S/c1-11(2)16(10-13-3-4-13)19(17,18)15-7-5-12(9-14)6-8-15/h11-13H,3-10H2,1-2H3. The molecule has 2 rings (SSSR count). The van der Waals surface area contributed by atoms with E-state index in [4.69, 9.17) is 11.6 Å². The summed E-state index contributed by atoms with van der Waals surface area (Å²) >= 11 is 5.85. The largest absolute Gasteiger partial charge is 0.282 e. The Morgan fingerprint density at radius 2 is 1.74 bits per heavy atom. The van der Waals surface area contributed by atoms with Crippen molar-refractivity contribution in [2.45, 2.75) is 45.6 Å². The Kier molecular flexibility index (Phi) is 5.15. The second kappa shape index (κ2) is 6.29. The van der Waals surface area contributed by atoms with Gasteiger partial charge in [-0.3, -0.25) is 0 Å². The van der Waals surface area contributed by atoms with E-state index in [2.05, 4.69) is 0 Å². The Bertz CT molecular complexity index is 387. The van der Waals surface area contributed by atoms with Gasteiger partial charge < -0.3 is 0 Å². The lowest BCUT2D eigenvalue weighted by Crippen LogP contribution is -2.50. The van der Waals surface area contributed by atoms with E-state index in [0.29, 0.717) is 37.4 Å². The van der Waals surface area contributed by atoms with E-state index in [-0.39, 0.29) is 6.04 Å². The van der Waals surface area contributed by atoms with Crippen LogP contribution < -0.4 is 0 Å². The number of nitrogens with zero attached hydrogens (tertiary/aromatic N) is 2. The average Bonchev–Trinajstić information content (AvgIpc) is 3.19. The van der Waals surface area contributed by atoms with E-state index < -0.39 is 10.2 Å². The van der Waals surface area contributed by atoms with Gasteiger partial charge in [0, 0.05) is 31.6 Å². The van der Waals surface area contributed by atoms with Crippen LogP contribution in [0, 0.1) is 11.8 Å². The Balaban J connectivity index is 2.02. The van der Waals surface area contributed by atoms with Gasteiger partial charge in [0.1, 0.15) is 0 Å². The van der Waals surface area contributed by atoms with E-state index in [1.54, 1.807) is 8.61 Å². The molecule has 6 heteroatoms. The van der Waals surface area contributed by atoms with Crippen molar-refractivity contribution in [2.24, 2.45) is 11.8 Å². The van der Waals surface area contributed by atoms with Crippen molar-refractivity contribution in [3.63, 3.8) is 0 Å². The van der Waals surface area contributed by atoms with Gasteiger partial charge in [-0.2, -0.15) is 17.0 Å². The van der Waals surface area contributed by atoms with E-state index >= 15 is 0 Å². The van der Waals surface area contributed by atoms with Crippen LogP contribution in [0.4, 0.5) is 0 Å². The molecular formula is C13H25ClN2O2S. The number of hydrogen-bond donors (Lipinski definition) is 0. The third-order valence-electron chi connectivity index (χ3n) is 4.13. The van der Waals surface area contributed by atoms with Gasteiger partial charge in [0.15, 0.2) is 0 Å². The van der Waals surface area contributed by atoms with Crippen LogP contribution >= 0.6 is 11.6 Å². The van der Waals surface area contributed by atoms with E-state index in [0.717, 1.165) is 12.8 Å². The monoisotopic (exact) mass is 308 g/mol. The molecule has 0 unspecified atom stereocenters. The Morgan fingerprint density at radius 1 is 1.16 bits per heavy atom. The molecule has 1 heterocycles. The SMILES string of the molecule is CC(C)N(CC1CC1)S(=O)(=O)N1CCC(CCl)CC1. The zero-order valence-electron chi connectivity index (χ0n) is 11.9. The first-order chi connectivity index (χ1) is 8.95. The molecule has 0 N–H and O–H groups in total. The molecule has 112 valence electrons. The highest BCUT2D eigenvalue weighted by Crippen LogP contribution is 2.32. The predicted molar refractivity (Wildman–Crippen MR) is 78.5 cm³/mol. The van der Waals surface area contributed by atoms with Crippen molar-refractivity contribution in [1.82, 2.24) is 8.61 Å². The van der Waals surface area contributed by atoms with E-state index in [1.165, 1.54) is 12.8 Å². The van der Waals surface area contributed by atoms with Gasteiger partial charge in [-0.15, -0.1) is 11.6 Å². The Labute approximate surface area is 122 Å². The third-order valence-corrected chi connectivity index (χ3v) is 6.74. The van der Waals surface area contributed by atoms with Crippen molar-refractivity contribution in [2.75, 3.05) is 25.5 Å². The zero-order valence-corrected chi connectivity index (χ0v) is 13.5. The molecular weight excluding hydrogens is 284 g/mol.